The van der Waals surface area contributed by atoms with E-state index in [1.807, 2.05) is 36.4 Å². The van der Waals surface area contributed by atoms with Crippen molar-refractivity contribution in [3.63, 3.8) is 0 Å². The fraction of sp³-hybridized carbons (Fsp3) is 0.364. The van der Waals surface area contributed by atoms with Crippen LogP contribution in [0.15, 0.2) is 52.4 Å². The molecule has 0 amide bonds. The highest BCUT2D eigenvalue weighted by Crippen LogP contribution is 2.29. The molecule has 3 aromatic rings. The predicted octanol–water partition coefficient (Wildman–Crippen LogP) is 4.18. The van der Waals surface area contributed by atoms with Crippen LogP contribution in [0.25, 0.3) is 10.9 Å². The number of benzene rings is 2. The zero-order valence-electron chi connectivity index (χ0n) is 16.2. The Morgan fingerprint density at radius 3 is 2.93 bits per heavy atom. The number of methoxy groups -OCH3 is 1. The van der Waals surface area contributed by atoms with Gasteiger partial charge in [-0.05, 0) is 38.0 Å². The summed E-state index contributed by atoms with van der Waals surface area (Å²) >= 11 is 1.57. The minimum absolute atomic E-state index is 0.000178. The number of fused-ring (bicyclic) bond motifs is 1. The number of para-hydroxylation sites is 1. The first-order valence-corrected chi connectivity index (χ1v) is 10.5. The molecule has 1 fully saturated rings. The van der Waals surface area contributed by atoms with Crippen molar-refractivity contribution in [1.29, 1.82) is 0 Å². The lowest BCUT2D eigenvalue weighted by atomic mass is 10.1. The van der Waals surface area contributed by atoms with Crippen molar-refractivity contribution in [3.05, 3.63) is 63.9 Å². The van der Waals surface area contributed by atoms with E-state index < -0.39 is 0 Å². The SMILES string of the molecule is COc1ccc(C)cc1CSc1nc2ccccc2c(=O)n1C[C@H]1CCCO1. The van der Waals surface area contributed by atoms with Crippen LogP contribution in [0.5, 0.6) is 5.75 Å². The second-order valence-electron chi connectivity index (χ2n) is 7.07. The molecule has 0 radical (unpaired) electrons. The quantitative estimate of drug-likeness (QED) is 0.462. The highest BCUT2D eigenvalue weighted by atomic mass is 32.2. The lowest BCUT2D eigenvalue weighted by Crippen LogP contribution is -2.28. The van der Waals surface area contributed by atoms with Crippen LogP contribution < -0.4 is 10.3 Å². The zero-order valence-corrected chi connectivity index (χ0v) is 17.0. The first-order chi connectivity index (χ1) is 13.7. The minimum atomic E-state index is -0.000178. The number of ether oxygens (including phenoxy) is 2. The Balaban J connectivity index is 1.70. The van der Waals surface area contributed by atoms with Crippen molar-refractivity contribution < 1.29 is 9.47 Å². The molecule has 0 saturated carbocycles. The van der Waals surface area contributed by atoms with Crippen LogP contribution >= 0.6 is 11.8 Å². The molecule has 4 rings (SSSR count). The van der Waals surface area contributed by atoms with E-state index in [-0.39, 0.29) is 11.7 Å². The number of hydrogen-bond acceptors (Lipinski definition) is 5. The third-order valence-electron chi connectivity index (χ3n) is 5.03. The monoisotopic (exact) mass is 396 g/mol. The molecular weight excluding hydrogens is 372 g/mol. The molecule has 2 aromatic carbocycles. The fourth-order valence-corrected chi connectivity index (χ4v) is 4.56. The van der Waals surface area contributed by atoms with E-state index >= 15 is 0 Å². The van der Waals surface area contributed by atoms with Gasteiger partial charge in [-0.1, -0.05) is 41.6 Å². The van der Waals surface area contributed by atoms with Crippen molar-refractivity contribution >= 4 is 22.7 Å². The summed E-state index contributed by atoms with van der Waals surface area (Å²) in [5.41, 5.74) is 3.01. The number of hydrogen-bond donors (Lipinski definition) is 0. The van der Waals surface area contributed by atoms with Gasteiger partial charge in [-0.15, -0.1) is 0 Å². The van der Waals surface area contributed by atoms with Crippen LogP contribution in [-0.4, -0.2) is 29.4 Å². The smallest absolute Gasteiger partial charge is 0.262 e. The average Bonchev–Trinajstić information content (AvgIpc) is 3.22. The Hall–Kier alpha value is -2.31. The lowest BCUT2D eigenvalue weighted by Gasteiger charge is -2.17. The Morgan fingerprint density at radius 1 is 1.29 bits per heavy atom. The van der Waals surface area contributed by atoms with E-state index in [4.69, 9.17) is 14.5 Å². The summed E-state index contributed by atoms with van der Waals surface area (Å²) in [6, 6.07) is 13.7. The van der Waals surface area contributed by atoms with Gasteiger partial charge >= 0.3 is 0 Å². The Bertz CT molecular complexity index is 1040. The summed E-state index contributed by atoms with van der Waals surface area (Å²) < 4.78 is 13.1. The topological polar surface area (TPSA) is 53.3 Å². The van der Waals surface area contributed by atoms with Crippen LogP contribution in [0.4, 0.5) is 0 Å². The summed E-state index contributed by atoms with van der Waals surface area (Å²) in [6.45, 7) is 3.38. The number of aryl methyl sites for hydroxylation is 1. The number of aromatic nitrogens is 2. The molecule has 0 spiro atoms. The van der Waals surface area contributed by atoms with E-state index in [2.05, 4.69) is 13.0 Å². The molecule has 0 unspecified atom stereocenters. The van der Waals surface area contributed by atoms with Gasteiger partial charge in [0.1, 0.15) is 5.75 Å². The molecule has 0 N–H and O–H groups in total. The van der Waals surface area contributed by atoms with Gasteiger partial charge in [0.25, 0.3) is 5.56 Å². The van der Waals surface area contributed by atoms with Gasteiger partial charge in [-0.25, -0.2) is 4.98 Å². The first kappa shape index (κ1) is 19.0. The van der Waals surface area contributed by atoms with Crippen LogP contribution in [0.2, 0.25) is 0 Å². The van der Waals surface area contributed by atoms with Gasteiger partial charge in [0.05, 0.1) is 30.7 Å². The molecule has 1 atom stereocenters. The van der Waals surface area contributed by atoms with E-state index in [1.54, 1.807) is 23.4 Å². The second kappa shape index (κ2) is 8.37. The molecule has 0 aliphatic carbocycles. The summed E-state index contributed by atoms with van der Waals surface area (Å²) in [5, 5.41) is 1.38. The molecule has 146 valence electrons. The number of thioether (sulfide) groups is 1. The summed E-state index contributed by atoms with van der Waals surface area (Å²) in [7, 11) is 1.68. The molecule has 1 saturated heterocycles. The maximum Gasteiger partial charge on any atom is 0.262 e. The van der Waals surface area contributed by atoms with Crippen molar-refractivity contribution in [3.8, 4) is 5.75 Å². The minimum Gasteiger partial charge on any atom is -0.496 e. The van der Waals surface area contributed by atoms with Gasteiger partial charge in [0, 0.05) is 17.9 Å². The zero-order chi connectivity index (χ0) is 19.5. The average molecular weight is 397 g/mol. The molecule has 28 heavy (non-hydrogen) atoms. The van der Waals surface area contributed by atoms with E-state index in [0.717, 1.165) is 41.4 Å². The first-order valence-electron chi connectivity index (χ1n) is 9.53. The normalized spacial score (nSPS) is 16.6. The highest BCUT2D eigenvalue weighted by Gasteiger charge is 2.20. The van der Waals surface area contributed by atoms with Gasteiger partial charge < -0.3 is 9.47 Å². The third kappa shape index (κ3) is 3.93. The number of rotatable bonds is 6. The van der Waals surface area contributed by atoms with Crippen LogP contribution in [0, 0.1) is 6.92 Å². The maximum absolute atomic E-state index is 13.2. The molecule has 1 aliphatic rings. The molecule has 0 bridgehead atoms. The maximum atomic E-state index is 13.2. The van der Waals surface area contributed by atoms with Gasteiger partial charge in [-0.2, -0.15) is 0 Å². The van der Waals surface area contributed by atoms with Gasteiger partial charge in [-0.3, -0.25) is 9.36 Å². The molecule has 6 heteroatoms. The predicted molar refractivity (Wildman–Crippen MR) is 112 cm³/mol. The Morgan fingerprint density at radius 2 is 2.14 bits per heavy atom. The van der Waals surface area contributed by atoms with Crippen LogP contribution in [-0.2, 0) is 17.0 Å². The van der Waals surface area contributed by atoms with Crippen LogP contribution in [0.3, 0.4) is 0 Å². The third-order valence-corrected chi connectivity index (χ3v) is 6.05. The van der Waals surface area contributed by atoms with E-state index in [1.165, 1.54) is 5.56 Å². The van der Waals surface area contributed by atoms with Crippen LogP contribution in [0.1, 0.15) is 24.0 Å². The molecule has 5 nitrogen and oxygen atoms in total. The summed E-state index contributed by atoms with van der Waals surface area (Å²) in [6.07, 6.45) is 2.10. The Kier molecular flexibility index (Phi) is 5.69. The standard InChI is InChI=1S/C22H24N2O3S/c1-15-9-10-20(26-2)16(12-15)14-28-22-23-19-8-4-3-7-18(19)21(25)24(22)13-17-6-5-11-27-17/h3-4,7-10,12,17H,5-6,11,13-14H2,1-2H3/t17-/m1/s1. The summed E-state index contributed by atoms with van der Waals surface area (Å²) in [4.78, 5) is 18.0. The molecule has 2 heterocycles. The molecule has 1 aliphatic heterocycles. The fourth-order valence-electron chi connectivity index (χ4n) is 3.57. The highest BCUT2D eigenvalue weighted by molar-refractivity contribution is 7.98. The number of nitrogens with zero attached hydrogens (tertiary/aromatic N) is 2. The van der Waals surface area contributed by atoms with Crippen molar-refractivity contribution in [1.82, 2.24) is 9.55 Å². The van der Waals surface area contributed by atoms with Gasteiger partial charge in [0.15, 0.2) is 5.16 Å². The van der Waals surface area contributed by atoms with E-state index in [9.17, 15) is 4.79 Å². The van der Waals surface area contributed by atoms with E-state index in [0.29, 0.717) is 17.7 Å². The summed E-state index contributed by atoms with van der Waals surface area (Å²) in [5.74, 6) is 1.54. The second-order valence-corrected chi connectivity index (χ2v) is 8.01. The lowest BCUT2D eigenvalue weighted by molar-refractivity contribution is 0.0937. The largest absolute Gasteiger partial charge is 0.496 e. The van der Waals surface area contributed by atoms with Crippen molar-refractivity contribution in [2.45, 2.75) is 43.3 Å². The Labute approximate surface area is 168 Å². The molecular formula is C22H24N2O3S. The van der Waals surface area contributed by atoms with Crippen molar-refractivity contribution in [2.24, 2.45) is 0 Å². The van der Waals surface area contributed by atoms with Gasteiger partial charge in [0.2, 0.25) is 0 Å². The molecule has 1 aromatic heterocycles. The van der Waals surface area contributed by atoms with Crippen molar-refractivity contribution in [2.75, 3.05) is 13.7 Å².